The van der Waals surface area contributed by atoms with Gasteiger partial charge in [0.2, 0.25) is 0 Å². The Bertz CT molecular complexity index is 418. The van der Waals surface area contributed by atoms with E-state index in [2.05, 4.69) is 11.8 Å². The van der Waals surface area contributed by atoms with Crippen molar-refractivity contribution in [1.29, 1.82) is 0 Å². The minimum atomic E-state index is 0.119. The van der Waals surface area contributed by atoms with E-state index in [4.69, 9.17) is 16.3 Å². The Kier molecular flexibility index (Phi) is 4.38. The molecule has 0 aromatic heterocycles. The van der Waals surface area contributed by atoms with Crippen molar-refractivity contribution < 1.29 is 9.53 Å². The summed E-state index contributed by atoms with van der Waals surface area (Å²) >= 11 is 5.81. The van der Waals surface area contributed by atoms with Gasteiger partial charge in [0.05, 0.1) is 12.6 Å². The van der Waals surface area contributed by atoms with Crippen LogP contribution in [-0.2, 0) is 4.74 Å². The molecule has 2 atom stereocenters. The van der Waals surface area contributed by atoms with Gasteiger partial charge in [0.25, 0.3) is 0 Å². The molecule has 1 fully saturated rings. The van der Waals surface area contributed by atoms with Crippen LogP contribution in [0.15, 0.2) is 24.3 Å². The molecule has 18 heavy (non-hydrogen) atoms. The number of ether oxygens (including phenoxy) is 1. The van der Waals surface area contributed by atoms with Crippen LogP contribution >= 0.6 is 11.6 Å². The average Bonchev–Trinajstić information content (AvgIpc) is 2.76. The Morgan fingerprint density at radius 3 is 2.67 bits per heavy atom. The van der Waals surface area contributed by atoms with Crippen LogP contribution in [0.2, 0.25) is 5.02 Å². The first-order chi connectivity index (χ1) is 8.58. The SMILES string of the molecule is CC1OCCC1N(C)CC(=O)c1ccc(Cl)cc1. The number of ketones is 1. The van der Waals surface area contributed by atoms with Crippen molar-refractivity contribution in [3.63, 3.8) is 0 Å². The molecule has 1 aliphatic rings. The molecule has 0 bridgehead atoms. The number of nitrogens with zero attached hydrogens (tertiary/aromatic N) is 1. The number of carbonyl (C=O) groups is 1. The Balaban J connectivity index is 1.96. The van der Waals surface area contributed by atoms with Gasteiger partial charge in [-0.15, -0.1) is 0 Å². The fourth-order valence-corrected chi connectivity index (χ4v) is 2.50. The van der Waals surface area contributed by atoms with Gasteiger partial charge in [0, 0.05) is 23.2 Å². The second-order valence-electron chi connectivity index (χ2n) is 4.78. The molecule has 3 nitrogen and oxygen atoms in total. The van der Waals surface area contributed by atoms with Gasteiger partial charge in [-0.05, 0) is 44.7 Å². The quantitative estimate of drug-likeness (QED) is 0.786. The van der Waals surface area contributed by atoms with Crippen LogP contribution in [0.3, 0.4) is 0 Å². The summed E-state index contributed by atoms with van der Waals surface area (Å²) in [6.45, 7) is 3.26. The van der Waals surface area contributed by atoms with Crippen molar-refractivity contribution >= 4 is 17.4 Å². The van der Waals surface area contributed by atoms with Crippen molar-refractivity contribution in [1.82, 2.24) is 4.90 Å². The Morgan fingerprint density at radius 2 is 2.11 bits per heavy atom. The van der Waals surface area contributed by atoms with E-state index in [-0.39, 0.29) is 11.9 Å². The maximum Gasteiger partial charge on any atom is 0.176 e. The second-order valence-corrected chi connectivity index (χ2v) is 5.21. The summed E-state index contributed by atoms with van der Waals surface area (Å²) in [7, 11) is 1.98. The van der Waals surface area contributed by atoms with Gasteiger partial charge in [-0.3, -0.25) is 9.69 Å². The maximum atomic E-state index is 12.1. The standard InChI is InChI=1S/C14H18ClNO2/c1-10-13(7-8-18-10)16(2)9-14(17)11-3-5-12(15)6-4-11/h3-6,10,13H,7-9H2,1-2H3. The van der Waals surface area contributed by atoms with Crippen molar-refractivity contribution in [2.75, 3.05) is 20.2 Å². The van der Waals surface area contributed by atoms with Crippen LogP contribution in [0, 0.1) is 0 Å². The minimum Gasteiger partial charge on any atom is -0.377 e. The summed E-state index contributed by atoms with van der Waals surface area (Å²) in [4.78, 5) is 14.2. The Morgan fingerprint density at radius 1 is 1.44 bits per heavy atom. The highest BCUT2D eigenvalue weighted by Gasteiger charge is 2.28. The van der Waals surface area contributed by atoms with Crippen LogP contribution in [0.25, 0.3) is 0 Å². The van der Waals surface area contributed by atoms with E-state index in [9.17, 15) is 4.79 Å². The molecular formula is C14H18ClNO2. The summed E-state index contributed by atoms with van der Waals surface area (Å²) in [6.07, 6.45) is 1.19. The van der Waals surface area contributed by atoms with E-state index in [1.165, 1.54) is 0 Å². The predicted octanol–water partition coefficient (Wildman–Crippen LogP) is 2.63. The van der Waals surface area contributed by atoms with Gasteiger partial charge in [0.15, 0.2) is 5.78 Å². The van der Waals surface area contributed by atoms with Crippen molar-refractivity contribution in [3.8, 4) is 0 Å². The molecule has 0 N–H and O–H groups in total. The van der Waals surface area contributed by atoms with Crippen molar-refractivity contribution in [2.24, 2.45) is 0 Å². The van der Waals surface area contributed by atoms with Gasteiger partial charge in [-0.1, -0.05) is 11.6 Å². The lowest BCUT2D eigenvalue weighted by atomic mass is 10.1. The first-order valence-corrected chi connectivity index (χ1v) is 6.56. The summed E-state index contributed by atoms with van der Waals surface area (Å²) in [5, 5.41) is 0.651. The zero-order valence-electron chi connectivity index (χ0n) is 10.7. The van der Waals surface area contributed by atoms with Crippen LogP contribution in [0.4, 0.5) is 0 Å². The zero-order valence-corrected chi connectivity index (χ0v) is 11.5. The number of carbonyl (C=O) groups excluding carboxylic acids is 1. The monoisotopic (exact) mass is 267 g/mol. The third-order valence-electron chi connectivity index (χ3n) is 3.46. The second kappa shape index (κ2) is 5.83. The van der Waals surface area contributed by atoms with E-state index in [0.29, 0.717) is 23.2 Å². The summed E-state index contributed by atoms with van der Waals surface area (Å²) in [5.74, 6) is 0.119. The topological polar surface area (TPSA) is 29.5 Å². The van der Waals surface area contributed by atoms with Crippen LogP contribution < -0.4 is 0 Å². The van der Waals surface area contributed by atoms with Crippen molar-refractivity contribution in [3.05, 3.63) is 34.9 Å². The lowest BCUT2D eigenvalue weighted by Crippen LogP contribution is -2.39. The normalized spacial score (nSPS) is 23.6. The fourth-order valence-electron chi connectivity index (χ4n) is 2.37. The lowest BCUT2D eigenvalue weighted by molar-refractivity contribution is 0.0746. The van der Waals surface area contributed by atoms with Gasteiger partial charge < -0.3 is 4.74 Å². The van der Waals surface area contributed by atoms with E-state index in [1.807, 2.05) is 7.05 Å². The number of halogens is 1. The molecule has 1 saturated heterocycles. The number of benzene rings is 1. The minimum absolute atomic E-state index is 0.119. The molecule has 2 rings (SSSR count). The molecule has 0 radical (unpaired) electrons. The lowest BCUT2D eigenvalue weighted by Gasteiger charge is -2.25. The number of rotatable bonds is 4. The molecule has 0 aliphatic carbocycles. The zero-order chi connectivity index (χ0) is 13.1. The average molecular weight is 268 g/mol. The molecule has 1 aliphatic heterocycles. The summed E-state index contributed by atoms with van der Waals surface area (Å²) in [6, 6.07) is 7.37. The van der Waals surface area contributed by atoms with Crippen LogP contribution in [0.5, 0.6) is 0 Å². The molecule has 1 aromatic rings. The maximum absolute atomic E-state index is 12.1. The largest absolute Gasteiger partial charge is 0.377 e. The highest BCUT2D eigenvalue weighted by molar-refractivity contribution is 6.30. The molecule has 0 amide bonds. The molecule has 1 aromatic carbocycles. The van der Waals surface area contributed by atoms with E-state index < -0.39 is 0 Å². The van der Waals surface area contributed by atoms with Gasteiger partial charge in [0.1, 0.15) is 0 Å². The fraction of sp³-hybridized carbons (Fsp3) is 0.500. The predicted molar refractivity (Wildman–Crippen MR) is 72.2 cm³/mol. The highest BCUT2D eigenvalue weighted by Crippen LogP contribution is 2.18. The first kappa shape index (κ1) is 13.5. The Labute approximate surface area is 113 Å². The highest BCUT2D eigenvalue weighted by atomic mass is 35.5. The van der Waals surface area contributed by atoms with Crippen LogP contribution in [0.1, 0.15) is 23.7 Å². The molecular weight excluding hydrogens is 250 g/mol. The molecule has 0 spiro atoms. The number of Topliss-reactive ketones (excluding diaryl/α,β-unsaturated/α-hetero) is 1. The number of hydrogen-bond donors (Lipinski definition) is 0. The number of likely N-dealkylation sites (N-methyl/N-ethyl adjacent to an activating group) is 1. The van der Waals surface area contributed by atoms with E-state index in [0.717, 1.165) is 13.0 Å². The summed E-state index contributed by atoms with van der Waals surface area (Å²) in [5.41, 5.74) is 0.706. The summed E-state index contributed by atoms with van der Waals surface area (Å²) < 4.78 is 5.52. The van der Waals surface area contributed by atoms with E-state index >= 15 is 0 Å². The molecule has 1 heterocycles. The third-order valence-corrected chi connectivity index (χ3v) is 3.71. The van der Waals surface area contributed by atoms with Gasteiger partial charge in [-0.25, -0.2) is 0 Å². The third kappa shape index (κ3) is 3.10. The smallest absolute Gasteiger partial charge is 0.176 e. The first-order valence-electron chi connectivity index (χ1n) is 6.18. The molecule has 98 valence electrons. The molecule has 2 unspecified atom stereocenters. The molecule has 4 heteroatoms. The van der Waals surface area contributed by atoms with Crippen molar-refractivity contribution in [2.45, 2.75) is 25.5 Å². The molecule has 0 saturated carbocycles. The van der Waals surface area contributed by atoms with Crippen LogP contribution in [-0.4, -0.2) is 43.0 Å². The van der Waals surface area contributed by atoms with Gasteiger partial charge >= 0.3 is 0 Å². The van der Waals surface area contributed by atoms with E-state index in [1.54, 1.807) is 24.3 Å². The van der Waals surface area contributed by atoms with Gasteiger partial charge in [-0.2, -0.15) is 0 Å². The number of hydrogen-bond acceptors (Lipinski definition) is 3. The Hall–Kier alpha value is -0.900.